The summed E-state index contributed by atoms with van der Waals surface area (Å²) < 4.78 is 0. The van der Waals surface area contributed by atoms with E-state index in [4.69, 9.17) is 4.79 Å². The van der Waals surface area contributed by atoms with Gasteiger partial charge in [0, 0.05) is 24.1 Å². The second kappa shape index (κ2) is 27.0. The number of unbranched alkanes of at least 4 members (excludes halogenated alkanes) is 4. The van der Waals surface area contributed by atoms with E-state index in [1.807, 2.05) is 20.9 Å². The third kappa shape index (κ3) is 19.0. The van der Waals surface area contributed by atoms with Crippen LogP contribution in [0.5, 0.6) is 0 Å². The van der Waals surface area contributed by atoms with Crippen molar-refractivity contribution in [1.29, 1.82) is 0 Å². The molecule has 3 aromatic rings. The van der Waals surface area contributed by atoms with E-state index in [2.05, 4.69) is 123 Å². The number of aromatic nitrogens is 1. The summed E-state index contributed by atoms with van der Waals surface area (Å²) in [7, 11) is 1.94. The molecule has 42 heavy (non-hydrogen) atoms. The molecule has 0 aliphatic carbocycles. The number of amides is 1. The smallest absolute Gasteiger partial charge is 0.204 e. The second-order valence-corrected chi connectivity index (χ2v) is 9.53. The summed E-state index contributed by atoms with van der Waals surface area (Å²) in [4.78, 5) is 12.0. The first-order valence-corrected chi connectivity index (χ1v) is 14.7. The molecule has 4 N–H and O–H groups in total. The number of benzene rings is 2. The van der Waals surface area contributed by atoms with Crippen molar-refractivity contribution < 1.29 is 4.79 Å². The number of anilines is 1. The van der Waals surface area contributed by atoms with Gasteiger partial charge in [0.2, 0.25) is 6.41 Å². The predicted octanol–water partition coefficient (Wildman–Crippen LogP) is 10.1. The SMILES string of the molecule is C=C(C)c1cc(-c2ccc(Cc3ccc(NC)cc3)cc2)[nH]c1C.C=CC.C=CC#CC.CCCCCCC.NC=O. The summed E-state index contributed by atoms with van der Waals surface area (Å²) in [5.41, 5.74) is 13.8. The lowest BCUT2D eigenvalue weighted by Gasteiger charge is -2.05. The Labute approximate surface area is 257 Å². The third-order valence-electron chi connectivity index (χ3n) is 5.84. The van der Waals surface area contributed by atoms with Crippen molar-refractivity contribution >= 4 is 17.7 Å². The molecule has 1 aromatic heterocycles. The number of H-pyrrole nitrogens is 1. The standard InChI is InChI=1S/C22H24N2.C7H16.C5H6.C3H6.CH3NO/c1-15(2)21-14-22(24-16(21)3)19-9-5-17(6-10-19)13-18-7-11-20(23-4)12-8-18;1-3-5-7-6-4-2;1-3-5-4-2;1-3-2;2-1-3/h5-12,14,23-24H,1,13H2,2-4H3;3-7H2,1-2H3;3H,1H2,2H3;3H,1H2,2H3;1H,(H2,2,3). The summed E-state index contributed by atoms with van der Waals surface area (Å²) in [6.07, 6.45) is 11.5. The van der Waals surface area contributed by atoms with E-state index in [0.29, 0.717) is 0 Å². The van der Waals surface area contributed by atoms with Crippen molar-refractivity contribution in [1.82, 2.24) is 4.98 Å². The number of carbonyl (C=O) groups is 1. The van der Waals surface area contributed by atoms with Gasteiger partial charge in [-0.15, -0.1) is 12.5 Å². The molecule has 0 aliphatic rings. The quantitative estimate of drug-likeness (QED) is 0.104. The highest BCUT2D eigenvalue weighted by atomic mass is 16.1. The number of nitrogens with one attached hydrogen (secondary N) is 2. The number of aryl methyl sites for hydroxylation is 1. The molecule has 3 rings (SSSR count). The fourth-order valence-corrected chi connectivity index (χ4v) is 3.76. The van der Waals surface area contributed by atoms with Gasteiger partial charge in [0.15, 0.2) is 0 Å². The lowest BCUT2D eigenvalue weighted by molar-refractivity contribution is -0.106. The molecule has 0 radical (unpaired) electrons. The number of aromatic amines is 1. The Morgan fingerprint density at radius 2 is 1.45 bits per heavy atom. The van der Waals surface area contributed by atoms with E-state index in [-0.39, 0.29) is 6.41 Å². The second-order valence-electron chi connectivity index (χ2n) is 9.53. The minimum Gasteiger partial charge on any atom is -0.388 e. The van der Waals surface area contributed by atoms with Crippen LogP contribution in [0.3, 0.4) is 0 Å². The Bertz CT molecular complexity index is 1180. The van der Waals surface area contributed by atoms with Crippen molar-refractivity contribution in [3.63, 3.8) is 0 Å². The summed E-state index contributed by atoms with van der Waals surface area (Å²) in [5, 5.41) is 3.15. The van der Waals surface area contributed by atoms with Gasteiger partial charge in [-0.05, 0) is 86.2 Å². The average molecular weight is 570 g/mol. The van der Waals surface area contributed by atoms with Crippen LogP contribution in [0.2, 0.25) is 0 Å². The maximum absolute atomic E-state index is 8.58. The number of rotatable bonds is 9. The van der Waals surface area contributed by atoms with Crippen LogP contribution in [-0.2, 0) is 11.2 Å². The van der Waals surface area contributed by atoms with E-state index in [1.54, 1.807) is 19.1 Å². The van der Waals surface area contributed by atoms with Gasteiger partial charge in [-0.3, -0.25) is 4.79 Å². The highest BCUT2D eigenvalue weighted by molar-refractivity contribution is 5.71. The van der Waals surface area contributed by atoms with Gasteiger partial charge in [0.1, 0.15) is 0 Å². The fourth-order valence-electron chi connectivity index (χ4n) is 3.76. The molecule has 0 bridgehead atoms. The van der Waals surface area contributed by atoms with Crippen LogP contribution in [0.15, 0.2) is 86.5 Å². The zero-order valence-electron chi connectivity index (χ0n) is 27.3. The molecule has 4 nitrogen and oxygen atoms in total. The van der Waals surface area contributed by atoms with Crippen LogP contribution in [0.4, 0.5) is 5.69 Å². The number of carbonyl (C=O) groups excluding carboxylic acids is 1. The third-order valence-corrected chi connectivity index (χ3v) is 5.84. The van der Waals surface area contributed by atoms with Gasteiger partial charge < -0.3 is 16.0 Å². The molecule has 0 atom stereocenters. The summed E-state index contributed by atoms with van der Waals surface area (Å²) in [6.45, 7) is 23.1. The monoisotopic (exact) mass is 569 g/mol. The van der Waals surface area contributed by atoms with E-state index in [9.17, 15) is 0 Å². The van der Waals surface area contributed by atoms with E-state index >= 15 is 0 Å². The molecule has 0 saturated carbocycles. The van der Waals surface area contributed by atoms with Crippen molar-refractivity contribution in [2.24, 2.45) is 5.73 Å². The highest BCUT2D eigenvalue weighted by Crippen LogP contribution is 2.26. The van der Waals surface area contributed by atoms with E-state index in [1.165, 1.54) is 60.1 Å². The zero-order valence-corrected chi connectivity index (χ0v) is 27.3. The molecule has 0 spiro atoms. The normalized spacial score (nSPS) is 8.74. The molecule has 4 heteroatoms. The zero-order chi connectivity index (χ0) is 32.2. The number of hydrogen-bond donors (Lipinski definition) is 3. The van der Waals surface area contributed by atoms with Crippen LogP contribution < -0.4 is 11.1 Å². The largest absolute Gasteiger partial charge is 0.388 e. The molecule has 228 valence electrons. The number of hydrogen-bond acceptors (Lipinski definition) is 2. The van der Waals surface area contributed by atoms with Gasteiger partial charge >= 0.3 is 0 Å². The molecule has 0 aliphatic heterocycles. The van der Waals surface area contributed by atoms with Gasteiger partial charge in [0.05, 0.1) is 0 Å². The predicted molar refractivity (Wildman–Crippen MR) is 189 cm³/mol. The van der Waals surface area contributed by atoms with Crippen LogP contribution in [-0.4, -0.2) is 18.4 Å². The number of nitrogens with two attached hydrogens (primary N) is 1. The topological polar surface area (TPSA) is 70.9 Å². The first-order valence-electron chi connectivity index (χ1n) is 14.7. The summed E-state index contributed by atoms with van der Waals surface area (Å²) in [6, 6.07) is 19.5. The number of allylic oxidation sites excluding steroid dienone is 3. The lowest BCUT2D eigenvalue weighted by Crippen LogP contribution is -1.91. The number of primary amides is 1. The fraction of sp³-hybridized carbons (Fsp3) is 0.342. The molecule has 1 heterocycles. The average Bonchev–Trinajstić information content (AvgIpc) is 3.38. The van der Waals surface area contributed by atoms with Gasteiger partial charge in [-0.1, -0.05) is 108 Å². The molecule has 1 amide bonds. The van der Waals surface area contributed by atoms with Crippen molar-refractivity contribution in [2.75, 3.05) is 12.4 Å². The molecule has 0 unspecified atom stereocenters. The maximum atomic E-state index is 8.58. The van der Waals surface area contributed by atoms with Crippen molar-refractivity contribution in [3.05, 3.63) is 109 Å². The highest BCUT2D eigenvalue weighted by Gasteiger charge is 2.07. The molecule has 0 fully saturated rings. The van der Waals surface area contributed by atoms with Crippen LogP contribution >= 0.6 is 0 Å². The van der Waals surface area contributed by atoms with Crippen molar-refractivity contribution in [2.45, 2.75) is 80.1 Å². The first kappa shape index (κ1) is 39.9. The maximum Gasteiger partial charge on any atom is 0.204 e. The van der Waals surface area contributed by atoms with Crippen molar-refractivity contribution in [3.8, 4) is 23.1 Å². The van der Waals surface area contributed by atoms with E-state index in [0.717, 1.165) is 23.4 Å². The Morgan fingerprint density at radius 3 is 1.79 bits per heavy atom. The summed E-state index contributed by atoms with van der Waals surface area (Å²) >= 11 is 0. The van der Waals surface area contributed by atoms with Crippen LogP contribution in [0.1, 0.15) is 89.1 Å². The Balaban J connectivity index is 0. The van der Waals surface area contributed by atoms with Gasteiger partial charge in [0.25, 0.3) is 0 Å². The van der Waals surface area contributed by atoms with Gasteiger partial charge in [-0.2, -0.15) is 0 Å². The van der Waals surface area contributed by atoms with Crippen LogP contribution in [0, 0.1) is 18.8 Å². The Hall–Kier alpha value is -4.23. The van der Waals surface area contributed by atoms with Gasteiger partial charge in [-0.25, -0.2) is 0 Å². The molecule has 0 saturated heterocycles. The molecular weight excluding hydrogens is 514 g/mol. The minimum atomic E-state index is 0.250. The first-order chi connectivity index (χ1) is 20.2. The Kier molecular flexibility index (Phi) is 25.6. The molecule has 2 aromatic carbocycles. The Morgan fingerprint density at radius 1 is 0.976 bits per heavy atom. The van der Waals surface area contributed by atoms with Crippen LogP contribution in [0.25, 0.3) is 16.8 Å². The van der Waals surface area contributed by atoms with E-state index < -0.39 is 0 Å². The molecular formula is C38H55N3O. The summed E-state index contributed by atoms with van der Waals surface area (Å²) in [5.74, 6) is 5.27. The lowest BCUT2D eigenvalue weighted by atomic mass is 10.0. The minimum absolute atomic E-state index is 0.250.